The zero-order valence-corrected chi connectivity index (χ0v) is 16.3. The summed E-state index contributed by atoms with van der Waals surface area (Å²) in [7, 11) is 1.54. The average molecular weight is 407 g/mol. The third-order valence-corrected chi connectivity index (χ3v) is 4.40. The number of ether oxygens (including phenoxy) is 1. The molecule has 0 spiro atoms. The van der Waals surface area contributed by atoms with Crippen molar-refractivity contribution in [2.45, 2.75) is 0 Å². The van der Waals surface area contributed by atoms with Gasteiger partial charge in [0.1, 0.15) is 11.4 Å². The van der Waals surface area contributed by atoms with Crippen LogP contribution in [0.5, 0.6) is 5.75 Å². The Morgan fingerprint density at radius 1 is 1.03 bits per heavy atom. The van der Waals surface area contributed by atoms with Crippen LogP contribution in [-0.4, -0.2) is 17.0 Å². The van der Waals surface area contributed by atoms with Gasteiger partial charge in [-0.05, 0) is 29.5 Å². The minimum absolute atomic E-state index is 0.0660. The maximum Gasteiger partial charge on any atom is 0.292 e. The number of aromatic nitrogens is 1. The van der Waals surface area contributed by atoms with Crippen LogP contribution in [0.1, 0.15) is 5.56 Å². The first-order chi connectivity index (χ1) is 14.0. The average Bonchev–Trinajstić information content (AvgIpc) is 2.75. The number of methoxy groups -OCH3 is 1. The van der Waals surface area contributed by atoms with E-state index in [1.807, 2.05) is 6.07 Å². The Kier molecular flexibility index (Phi) is 6.16. The van der Waals surface area contributed by atoms with Crippen molar-refractivity contribution in [1.29, 1.82) is 0 Å². The summed E-state index contributed by atoms with van der Waals surface area (Å²) in [5.74, 6) is 0.288. The van der Waals surface area contributed by atoms with Crippen molar-refractivity contribution in [2.75, 3.05) is 12.4 Å². The first-order valence-corrected chi connectivity index (χ1v) is 8.99. The van der Waals surface area contributed by atoms with Gasteiger partial charge in [-0.25, -0.2) is 0 Å². The van der Waals surface area contributed by atoms with Crippen LogP contribution in [0, 0.1) is 10.1 Å². The number of thiocarbonyl (C=S) groups is 1. The summed E-state index contributed by atoms with van der Waals surface area (Å²) in [6.07, 6.45) is 3.37. The van der Waals surface area contributed by atoms with E-state index in [1.165, 1.54) is 12.1 Å². The molecule has 0 bridgehead atoms. The van der Waals surface area contributed by atoms with Crippen molar-refractivity contribution < 1.29 is 19.3 Å². The van der Waals surface area contributed by atoms with Crippen molar-refractivity contribution >= 4 is 40.0 Å². The molecule has 0 aliphatic rings. The van der Waals surface area contributed by atoms with E-state index >= 15 is 0 Å². The molecule has 2 aromatic carbocycles. The number of benzene rings is 2. The number of anilines is 1. The molecule has 0 amide bonds. The summed E-state index contributed by atoms with van der Waals surface area (Å²) < 4.78 is 6.71. The van der Waals surface area contributed by atoms with Gasteiger partial charge >= 0.3 is 0 Å². The third-order valence-electron chi connectivity index (χ3n) is 4.11. The Balaban J connectivity index is 2.06. The van der Waals surface area contributed by atoms with Crippen molar-refractivity contribution in [1.82, 2.24) is 0 Å². The number of nitro benzene ring substituents is 1. The maximum atomic E-state index is 13.2. The van der Waals surface area contributed by atoms with Gasteiger partial charge in [-0.2, -0.15) is 4.57 Å². The highest BCUT2D eigenvalue weighted by Crippen LogP contribution is 2.25. The van der Waals surface area contributed by atoms with E-state index in [-0.39, 0.29) is 27.8 Å². The molecule has 0 radical (unpaired) electrons. The Morgan fingerprint density at radius 2 is 1.69 bits per heavy atom. The highest BCUT2D eigenvalue weighted by Gasteiger charge is 2.21. The number of hydrogen-bond acceptors (Lipinski definition) is 5. The van der Waals surface area contributed by atoms with Crippen LogP contribution in [0.4, 0.5) is 11.4 Å². The van der Waals surface area contributed by atoms with E-state index in [9.17, 15) is 15.2 Å². The molecule has 1 heterocycles. The molecule has 8 heteroatoms. The predicted octanol–water partition coefficient (Wildman–Crippen LogP) is 3.02. The lowest BCUT2D eigenvalue weighted by molar-refractivity contribution is -0.577. The van der Waals surface area contributed by atoms with Crippen LogP contribution in [0.2, 0.25) is 0 Å². The molecule has 29 heavy (non-hydrogen) atoms. The molecule has 1 aromatic heterocycles. The summed E-state index contributed by atoms with van der Waals surface area (Å²) in [6, 6.07) is 18.1. The van der Waals surface area contributed by atoms with Crippen LogP contribution in [0.3, 0.4) is 0 Å². The molecule has 0 aliphatic carbocycles. The lowest BCUT2D eigenvalue weighted by Gasteiger charge is -2.17. The fraction of sp³-hybridized carbons (Fsp3) is 0.0476. The SMILES string of the molecule is COc1ccc(C([O-])=C(C(=S)Nc2ccccc2[N+](=O)[O-])[n+]2ccccc2)cc1. The van der Waals surface area contributed by atoms with Crippen LogP contribution < -0.4 is 19.7 Å². The summed E-state index contributed by atoms with van der Waals surface area (Å²) in [6.45, 7) is 0. The molecule has 0 saturated carbocycles. The molecule has 146 valence electrons. The van der Waals surface area contributed by atoms with Gasteiger partial charge in [0.2, 0.25) is 5.70 Å². The minimum atomic E-state index is -0.508. The van der Waals surface area contributed by atoms with Gasteiger partial charge in [0, 0.05) is 18.2 Å². The molecule has 0 atom stereocenters. The van der Waals surface area contributed by atoms with Crippen molar-refractivity contribution in [2.24, 2.45) is 0 Å². The quantitative estimate of drug-likeness (QED) is 0.169. The fourth-order valence-electron chi connectivity index (χ4n) is 2.68. The molecular formula is C21H17N3O4S. The molecule has 0 unspecified atom stereocenters. The van der Waals surface area contributed by atoms with Gasteiger partial charge in [0.05, 0.1) is 12.0 Å². The Hall–Kier alpha value is -3.78. The van der Waals surface area contributed by atoms with Crippen LogP contribution >= 0.6 is 12.2 Å². The van der Waals surface area contributed by atoms with Gasteiger partial charge < -0.3 is 15.2 Å². The number of nitrogens with one attached hydrogen (secondary N) is 1. The molecule has 0 fully saturated rings. The zero-order chi connectivity index (χ0) is 20.8. The summed E-state index contributed by atoms with van der Waals surface area (Å²) >= 11 is 5.47. The Labute approximate surface area is 172 Å². The van der Waals surface area contributed by atoms with Crippen LogP contribution in [0.25, 0.3) is 11.5 Å². The Morgan fingerprint density at radius 3 is 2.31 bits per heavy atom. The standard InChI is InChI=1S/C21H17N3O4S/c1-28-16-11-9-15(10-12-16)20(25)19(23-13-5-2-6-14-23)21(29)22-17-7-3-4-8-18(17)24(26)27/h2-14H,1H3,(H-,22,25,29). The summed E-state index contributed by atoms with van der Waals surface area (Å²) in [5, 5.41) is 27.4. The number of para-hydroxylation sites is 2. The largest absolute Gasteiger partial charge is 0.867 e. The lowest BCUT2D eigenvalue weighted by atomic mass is 10.1. The smallest absolute Gasteiger partial charge is 0.292 e. The zero-order valence-electron chi connectivity index (χ0n) is 15.4. The minimum Gasteiger partial charge on any atom is -0.867 e. The van der Waals surface area contributed by atoms with Crippen molar-refractivity contribution in [3.63, 3.8) is 0 Å². The molecule has 7 nitrogen and oxygen atoms in total. The monoisotopic (exact) mass is 407 g/mol. The van der Waals surface area contributed by atoms with E-state index < -0.39 is 4.92 Å². The molecule has 3 rings (SSSR count). The van der Waals surface area contributed by atoms with Crippen molar-refractivity contribution in [3.05, 3.63) is 94.8 Å². The van der Waals surface area contributed by atoms with E-state index in [0.29, 0.717) is 11.3 Å². The normalized spacial score (nSPS) is 11.3. The van der Waals surface area contributed by atoms with Crippen LogP contribution in [-0.2, 0) is 0 Å². The lowest BCUT2D eigenvalue weighted by Crippen LogP contribution is -2.39. The molecule has 3 aromatic rings. The number of pyridine rings is 1. The Bertz CT molecular complexity index is 1070. The summed E-state index contributed by atoms with van der Waals surface area (Å²) in [5.41, 5.74) is 0.649. The second kappa shape index (κ2) is 8.94. The highest BCUT2D eigenvalue weighted by atomic mass is 32.1. The van der Waals surface area contributed by atoms with Gasteiger partial charge in [0.25, 0.3) is 5.69 Å². The van der Waals surface area contributed by atoms with Gasteiger partial charge in [-0.15, -0.1) is 0 Å². The number of hydrogen-bond donors (Lipinski definition) is 1. The van der Waals surface area contributed by atoms with E-state index in [2.05, 4.69) is 5.32 Å². The molecular weight excluding hydrogens is 390 g/mol. The molecule has 0 aliphatic heterocycles. The highest BCUT2D eigenvalue weighted by molar-refractivity contribution is 7.81. The van der Waals surface area contributed by atoms with E-state index in [1.54, 1.807) is 72.6 Å². The number of nitrogens with zero attached hydrogens (tertiary/aromatic N) is 2. The van der Waals surface area contributed by atoms with Crippen molar-refractivity contribution in [3.8, 4) is 5.75 Å². The number of rotatable bonds is 6. The first kappa shape index (κ1) is 20.0. The number of nitro groups is 1. The van der Waals surface area contributed by atoms with Gasteiger partial charge in [-0.1, -0.05) is 42.5 Å². The second-order valence-corrected chi connectivity index (χ2v) is 6.33. The van der Waals surface area contributed by atoms with Gasteiger partial charge in [0.15, 0.2) is 17.4 Å². The van der Waals surface area contributed by atoms with E-state index in [0.717, 1.165) is 0 Å². The topological polar surface area (TPSA) is 91.3 Å². The molecule has 1 N–H and O–H groups in total. The first-order valence-electron chi connectivity index (χ1n) is 8.58. The van der Waals surface area contributed by atoms with Gasteiger partial charge in [-0.3, -0.25) is 10.1 Å². The fourth-order valence-corrected chi connectivity index (χ4v) is 2.99. The molecule has 0 saturated heterocycles. The predicted molar refractivity (Wildman–Crippen MR) is 112 cm³/mol. The third kappa shape index (κ3) is 4.56. The van der Waals surface area contributed by atoms with E-state index in [4.69, 9.17) is 17.0 Å². The summed E-state index contributed by atoms with van der Waals surface area (Å²) in [4.78, 5) is 10.8. The second-order valence-electron chi connectivity index (χ2n) is 5.92. The van der Waals surface area contributed by atoms with Crippen LogP contribution in [0.15, 0.2) is 79.1 Å². The maximum absolute atomic E-state index is 13.2.